The molecule has 0 spiro atoms. The zero-order valence-electron chi connectivity index (χ0n) is 56.7. The van der Waals surface area contributed by atoms with Gasteiger partial charge >= 0.3 is 0 Å². The lowest BCUT2D eigenvalue weighted by molar-refractivity contribution is 0.728. The third kappa shape index (κ3) is 8.54. The van der Waals surface area contributed by atoms with Gasteiger partial charge in [-0.15, -0.1) is 0 Å². The van der Waals surface area contributed by atoms with Crippen LogP contribution in [-0.4, -0.2) is 14.1 Å². The van der Waals surface area contributed by atoms with Crippen molar-refractivity contribution in [1.29, 1.82) is 0 Å². The van der Waals surface area contributed by atoms with E-state index in [1.54, 1.807) is 0 Å². The number of para-hydroxylation sites is 4. The van der Waals surface area contributed by atoms with Crippen LogP contribution in [0.4, 0.5) is 22.7 Å². The van der Waals surface area contributed by atoms with E-state index in [1.807, 2.05) is 0 Å². The van der Waals surface area contributed by atoms with Crippen molar-refractivity contribution in [3.8, 4) is 55.6 Å². The Kier molecular flexibility index (Phi) is 13.6. The summed E-state index contributed by atoms with van der Waals surface area (Å²) in [5, 5.41) is 14.4. The van der Waals surface area contributed by atoms with Gasteiger partial charge in [0.15, 0.2) is 0 Å². The number of rotatable bonds is 9. The van der Waals surface area contributed by atoms with Crippen LogP contribution in [0.1, 0.15) is 44.5 Å². The Balaban J connectivity index is 0.955. The molecule has 2 heteroatoms. The molecule has 0 atom stereocenters. The van der Waals surface area contributed by atoms with Crippen molar-refractivity contribution in [3.05, 3.63) is 421 Å². The first kappa shape index (κ1) is 59.2. The topological polar surface area (TPSA) is 6.48 Å². The van der Waals surface area contributed by atoms with Gasteiger partial charge in [0.05, 0.1) is 22.2 Å². The quantitative estimate of drug-likeness (QED) is 0.133. The van der Waals surface area contributed by atoms with E-state index in [1.165, 1.54) is 165 Å². The molecule has 0 aliphatic carbocycles. The molecule has 0 saturated carbocycles. The Morgan fingerprint density at radius 1 is 0.186 bits per heavy atom. The van der Waals surface area contributed by atoms with E-state index in [0.717, 1.165) is 22.3 Å². The second kappa shape index (κ2) is 23.4. The van der Waals surface area contributed by atoms with Crippen LogP contribution in [0.15, 0.2) is 376 Å². The van der Waals surface area contributed by atoms with Gasteiger partial charge in [0, 0.05) is 36.6 Å². The fraction of sp³-hybridized carbons (Fsp3) is 0.0400. The van der Waals surface area contributed by atoms with E-state index in [9.17, 15) is 0 Å². The van der Waals surface area contributed by atoms with Gasteiger partial charge in [-0.2, -0.15) is 0 Å². The smallest absolute Gasteiger partial charge is 0.0742 e. The van der Waals surface area contributed by atoms with E-state index in [2.05, 4.69) is 400 Å². The summed E-state index contributed by atoms with van der Waals surface area (Å²) in [6, 6.07) is 142. The molecule has 0 unspecified atom stereocenters. The average molecular weight is 1300 g/mol. The molecular formula is C100H68N2. The largest absolute Gasteiger partial charge is 0.344 e. The fourth-order valence-corrected chi connectivity index (χ4v) is 18.6. The van der Waals surface area contributed by atoms with Crippen LogP contribution < -0.4 is 9.80 Å². The summed E-state index contributed by atoms with van der Waals surface area (Å²) < 4.78 is 0. The van der Waals surface area contributed by atoms with Crippen LogP contribution in [0.25, 0.3) is 120 Å². The monoisotopic (exact) mass is 1300 g/mol. The molecule has 0 N–H and O–H groups in total. The van der Waals surface area contributed by atoms with Crippen molar-refractivity contribution in [2.24, 2.45) is 0 Å². The van der Waals surface area contributed by atoms with Crippen LogP contribution in [0.3, 0.4) is 0 Å². The van der Waals surface area contributed by atoms with Gasteiger partial charge in [-0.1, -0.05) is 352 Å². The number of benzene rings is 18. The minimum absolute atomic E-state index is 0.663. The Bertz CT molecular complexity index is 5940. The molecule has 2 aliphatic heterocycles. The van der Waals surface area contributed by atoms with Crippen LogP contribution in [-0.2, 0) is 10.8 Å². The molecule has 18 aromatic carbocycles. The molecule has 0 saturated heterocycles. The van der Waals surface area contributed by atoms with Crippen LogP contribution >= 0.6 is 0 Å². The first-order valence-electron chi connectivity index (χ1n) is 35.6. The highest BCUT2D eigenvalue weighted by Crippen LogP contribution is 2.61. The fourth-order valence-electron chi connectivity index (χ4n) is 18.6. The molecule has 0 fully saturated rings. The molecule has 0 aromatic heterocycles. The second-order valence-electron chi connectivity index (χ2n) is 27.7. The van der Waals surface area contributed by atoms with Gasteiger partial charge in [0.2, 0.25) is 0 Å². The zero-order chi connectivity index (χ0) is 67.6. The lowest BCUT2D eigenvalue weighted by Gasteiger charge is -2.46. The number of fused-ring (bicyclic) bond motifs is 10. The van der Waals surface area contributed by atoms with E-state index >= 15 is 0 Å². The van der Waals surface area contributed by atoms with Gasteiger partial charge in [-0.05, 0) is 178 Å². The van der Waals surface area contributed by atoms with Crippen LogP contribution in [0.2, 0.25) is 0 Å². The minimum atomic E-state index is -0.663. The maximum atomic E-state index is 2.57. The summed E-state index contributed by atoms with van der Waals surface area (Å²) in [6.07, 6.45) is 0. The van der Waals surface area contributed by atoms with Gasteiger partial charge in [-0.3, -0.25) is 0 Å². The van der Waals surface area contributed by atoms with Gasteiger partial charge in [-0.25, -0.2) is 0 Å². The third-order valence-electron chi connectivity index (χ3n) is 22.8. The number of hydrogen-bond donors (Lipinski definition) is 0. The lowest BCUT2D eigenvalue weighted by Crippen LogP contribution is -2.38. The Morgan fingerprint density at radius 3 is 0.775 bits per heavy atom. The standard InChI is InChI=1S/C100H68N2/c1-101-93-61-21-19-57-89(93)99(67-35-7-3-8-36-67,68-37-9-4-10-38-68)91-59-29-55-83(97(91)101)77-49-27-53-81-87(77)64-88-78(84-56-30-60-92-98(84)102(2)94-62-22-20-58-90(94)100(92,69-39-11-5-12-40-69)70-41-13-6-14-42-70)50-28-54-82(88)96(81)95-79-51-25-47-75(73-45-23-33-65-31-15-17-43-71(65)73)85(79)63-86-76(48-26-52-80(86)95)74-46-24-34-66-32-16-18-44-72(66)74/h3-64H,1-2H3. The van der Waals surface area contributed by atoms with E-state index in [0.29, 0.717) is 0 Å². The summed E-state index contributed by atoms with van der Waals surface area (Å²) in [7, 11) is 4.57. The molecule has 0 radical (unpaired) electrons. The first-order chi connectivity index (χ1) is 50.5. The molecule has 18 aromatic rings. The van der Waals surface area contributed by atoms with Crippen molar-refractivity contribution in [1.82, 2.24) is 0 Å². The maximum absolute atomic E-state index is 2.57. The van der Waals surface area contributed by atoms with Gasteiger partial charge < -0.3 is 9.80 Å². The molecule has 2 nitrogen and oxygen atoms in total. The predicted octanol–water partition coefficient (Wildman–Crippen LogP) is 25.9. The first-order valence-corrected chi connectivity index (χ1v) is 35.6. The van der Waals surface area contributed by atoms with Crippen LogP contribution in [0.5, 0.6) is 0 Å². The molecular weight excluding hydrogens is 1230 g/mol. The zero-order valence-corrected chi connectivity index (χ0v) is 56.7. The van der Waals surface area contributed by atoms with E-state index in [4.69, 9.17) is 0 Å². The highest BCUT2D eigenvalue weighted by atomic mass is 15.1. The summed E-state index contributed by atoms with van der Waals surface area (Å²) in [6.45, 7) is 0. The minimum Gasteiger partial charge on any atom is -0.344 e. The lowest BCUT2D eigenvalue weighted by atomic mass is 9.62. The normalized spacial score (nSPS) is 13.5. The van der Waals surface area contributed by atoms with Crippen molar-refractivity contribution in [2.75, 3.05) is 23.9 Å². The molecule has 0 bridgehead atoms. The summed E-state index contributed by atoms with van der Waals surface area (Å²) in [4.78, 5) is 4.96. The maximum Gasteiger partial charge on any atom is 0.0742 e. The third-order valence-corrected chi connectivity index (χ3v) is 22.8. The van der Waals surface area contributed by atoms with E-state index in [-0.39, 0.29) is 0 Å². The Labute approximate surface area is 594 Å². The SMILES string of the molecule is CN1c2ccccc2C(c2ccccc2)(c2ccccc2)c2cccc(-c3cccc4c(-c5c6cccc(-c7cccc8ccccc78)c6cc6c(-c7cccc8ccccc78)cccc56)c5cccc(-c6cccc7c6N(C)c6ccccc6C7(c6ccccc6)c6ccccc6)c5cc34)c21. The predicted molar refractivity (Wildman–Crippen MR) is 431 cm³/mol. The molecule has 20 rings (SSSR count). The van der Waals surface area contributed by atoms with Gasteiger partial charge in [0.25, 0.3) is 0 Å². The molecule has 102 heavy (non-hydrogen) atoms. The number of hydrogen-bond acceptors (Lipinski definition) is 2. The number of nitrogens with zero attached hydrogens (tertiary/aromatic N) is 2. The summed E-state index contributed by atoms with van der Waals surface area (Å²) in [5.74, 6) is 0. The molecule has 0 amide bonds. The van der Waals surface area contributed by atoms with Crippen molar-refractivity contribution in [3.63, 3.8) is 0 Å². The average Bonchev–Trinajstić information content (AvgIpc) is 0.728. The number of anilines is 4. The highest BCUT2D eigenvalue weighted by molar-refractivity contribution is 6.29. The van der Waals surface area contributed by atoms with Crippen LogP contribution in [0, 0.1) is 0 Å². The van der Waals surface area contributed by atoms with E-state index < -0.39 is 10.8 Å². The van der Waals surface area contributed by atoms with Crippen molar-refractivity contribution < 1.29 is 0 Å². The molecule has 2 aliphatic rings. The molecule has 478 valence electrons. The summed E-state index contributed by atoms with van der Waals surface area (Å²) in [5.41, 5.74) is 25.1. The second-order valence-corrected chi connectivity index (χ2v) is 27.7. The Hall–Kier alpha value is -12.9. The van der Waals surface area contributed by atoms with Crippen molar-refractivity contribution in [2.45, 2.75) is 10.8 Å². The Morgan fingerprint density at radius 2 is 0.422 bits per heavy atom. The molecule has 2 heterocycles. The summed E-state index contributed by atoms with van der Waals surface area (Å²) >= 11 is 0. The van der Waals surface area contributed by atoms with Crippen molar-refractivity contribution >= 4 is 87.4 Å². The highest BCUT2D eigenvalue weighted by Gasteiger charge is 2.48. The van der Waals surface area contributed by atoms with Gasteiger partial charge in [0.1, 0.15) is 0 Å².